The summed E-state index contributed by atoms with van der Waals surface area (Å²) in [6, 6.07) is 6.70. The van der Waals surface area contributed by atoms with Gasteiger partial charge < -0.3 is 0 Å². The maximum absolute atomic E-state index is 4.24. The predicted molar refractivity (Wildman–Crippen MR) is 65.5 cm³/mol. The van der Waals surface area contributed by atoms with Gasteiger partial charge in [0, 0.05) is 0 Å². The van der Waals surface area contributed by atoms with Crippen molar-refractivity contribution >= 4 is 13.2 Å². The maximum atomic E-state index is 4.24. The van der Waals surface area contributed by atoms with E-state index in [1.165, 1.54) is 22.9 Å². The summed E-state index contributed by atoms with van der Waals surface area (Å²) in [4.78, 5) is 0. The molecule has 0 aromatic heterocycles. The van der Waals surface area contributed by atoms with Crippen LogP contribution in [0.1, 0.15) is 16.7 Å². The van der Waals surface area contributed by atoms with Crippen LogP contribution >= 0.6 is 6.89 Å². The zero-order chi connectivity index (χ0) is 10.1. The van der Waals surface area contributed by atoms with Crippen molar-refractivity contribution in [3.63, 3.8) is 0 Å². The Morgan fingerprint density at radius 2 is 1.85 bits per heavy atom. The van der Waals surface area contributed by atoms with Crippen LogP contribution < -0.4 is 0 Å². The van der Waals surface area contributed by atoms with Crippen LogP contribution in [0.15, 0.2) is 18.2 Å². The van der Waals surface area contributed by atoms with Gasteiger partial charge in [-0.1, -0.05) is 23.8 Å². The van der Waals surface area contributed by atoms with Crippen LogP contribution in [-0.4, -0.2) is 19.6 Å². The lowest BCUT2D eigenvalue weighted by molar-refractivity contribution is 1.27. The van der Waals surface area contributed by atoms with Crippen molar-refractivity contribution in [1.29, 1.82) is 0 Å². The second-order valence-electron chi connectivity index (χ2n) is 4.52. The van der Waals surface area contributed by atoms with Crippen molar-refractivity contribution in [3.05, 3.63) is 34.9 Å². The van der Waals surface area contributed by atoms with E-state index in [9.17, 15) is 0 Å². The molecular weight excluding hydrogens is 175 g/mol. The van der Waals surface area contributed by atoms with Crippen LogP contribution in [0, 0.1) is 13.8 Å². The first kappa shape index (κ1) is 10.6. The second-order valence-corrected chi connectivity index (χ2v) is 8.71. The monoisotopic (exact) mass is 194 g/mol. The third-order valence-corrected chi connectivity index (χ3v) is 3.29. The smallest absolute Gasteiger partial charge is 0.00816 e. The van der Waals surface area contributed by atoms with Crippen LogP contribution in [-0.2, 0) is 6.16 Å². The van der Waals surface area contributed by atoms with Crippen molar-refractivity contribution in [1.82, 2.24) is 0 Å². The van der Waals surface area contributed by atoms with Crippen LogP contribution in [0.4, 0.5) is 0 Å². The number of hydrogen-bond donors (Lipinski definition) is 0. The summed E-state index contributed by atoms with van der Waals surface area (Å²) >= 11 is 0. The van der Waals surface area contributed by atoms with Gasteiger partial charge in [0.05, 0.1) is 0 Å². The molecule has 1 aromatic rings. The van der Waals surface area contributed by atoms with E-state index in [-0.39, 0.29) is 0 Å². The van der Waals surface area contributed by atoms with E-state index >= 15 is 0 Å². The summed E-state index contributed by atoms with van der Waals surface area (Å²) in [6.07, 6.45) is 5.41. The summed E-state index contributed by atoms with van der Waals surface area (Å²) < 4.78 is 0. The Hall–Kier alpha value is -0.480. The fourth-order valence-electron chi connectivity index (χ4n) is 1.48. The summed E-state index contributed by atoms with van der Waals surface area (Å²) in [5.41, 5.74) is 4.23. The van der Waals surface area contributed by atoms with E-state index in [4.69, 9.17) is 0 Å². The fraction of sp³-hybridized carbons (Fsp3) is 0.417. The van der Waals surface area contributed by atoms with Crippen LogP contribution in [0.2, 0.25) is 0 Å². The number of benzene rings is 1. The fourth-order valence-corrected chi connectivity index (χ4v) is 2.76. The molecular formula is C12H19P. The molecule has 0 saturated carbocycles. The SMILES string of the molecule is C=P(C)(C)Cc1ccc(C)cc1C. The molecule has 0 spiro atoms. The lowest BCUT2D eigenvalue weighted by Gasteiger charge is -2.14. The van der Waals surface area contributed by atoms with E-state index in [0.29, 0.717) is 0 Å². The molecule has 0 unspecified atom stereocenters. The normalized spacial score (nSPS) is 11.7. The lowest BCUT2D eigenvalue weighted by Crippen LogP contribution is -1.90. The highest BCUT2D eigenvalue weighted by Crippen LogP contribution is 2.40. The molecule has 1 rings (SSSR count). The molecule has 0 atom stereocenters. The topological polar surface area (TPSA) is 0 Å². The van der Waals surface area contributed by atoms with Crippen molar-refractivity contribution in [2.24, 2.45) is 0 Å². The van der Waals surface area contributed by atoms with Gasteiger partial charge in [0.15, 0.2) is 0 Å². The molecule has 0 aliphatic heterocycles. The Bertz CT molecular complexity index is 344. The molecule has 0 bridgehead atoms. The van der Waals surface area contributed by atoms with Gasteiger partial charge in [-0.3, -0.25) is 0 Å². The highest BCUT2D eigenvalue weighted by atomic mass is 31.2. The highest BCUT2D eigenvalue weighted by molar-refractivity contribution is 7.71. The molecule has 0 heterocycles. The Balaban J connectivity index is 2.97. The molecule has 0 saturated heterocycles. The first-order valence-corrected chi connectivity index (χ1v) is 7.67. The largest absolute Gasteiger partial charge is 0.114 e. The van der Waals surface area contributed by atoms with E-state index in [2.05, 4.69) is 51.7 Å². The minimum atomic E-state index is -0.930. The Morgan fingerprint density at radius 1 is 1.23 bits per heavy atom. The van der Waals surface area contributed by atoms with Gasteiger partial charge in [0.1, 0.15) is 0 Å². The lowest BCUT2D eigenvalue weighted by atomic mass is 10.1. The van der Waals surface area contributed by atoms with Crippen molar-refractivity contribution in [2.75, 3.05) is 13.3 Å². The molecule has 0 N–H and O–H groups in total. The van der Waals surface area contributed by atoms with Gasteiger partial charge in [-0.25, -0.2) is 0 Å². The van der Waals surface area contributed by atoms with Gasteiger partial charge in [-0.05, 0) is 44.5 Å². The minimum absolute atomic E-state index is 0.930. The third kappa shape index (κ3) is 3.40. The Labute approximate surface area is 82.0 Å². The van der Waals surface area contributed by atoms with Gasteiger partial charge in [0.2, 0.25) is 0 Å². The number of aryl methyl sites for hydroxylation is 2. The summed E-state index contributed by atoms with van der Waals surface area (Å²) in [5.74, 6) is 0. The molecule has 0 aliphatic carbocycles. The summed E-state index contributed by atoms with van der Waals surface area (Å²) in [5, 5.41) is 0. The first-order chi connectivity index (χ1) is 5.88. The highest BCUT2D eigenvalue weighted by Gasteiger charge is 2.04. The average Bonchev–Trinajstić information content (AvgIpc) is 1.93. The van der Waals surface area contributed by atoms with Crippen molar-refractivity contribution < 1.29 is 0 Å². The maximum Gasteiger partial charge on any atom is -0.00816 e. The van der Waals surface area contributed by atoms with Crippen molar-refractivity contribution in [2.45, 2.75) is 20.0 Å². The van der Waals surface area contributed by atoms with Crippen LogP contribution in [0.5, 0.6) is 0 Å². The van der Waals surface area contributed by atoms with Gasteiger partial charge in [0.25, 0.3) is 0 Å². The van der Waals surface area contributed by atoms with Crippen LogP contribution in [0.25, 0.3) is 0 Å². The molecule has 0 aliphatic rings. The van der Waals surface area contributed by atoms with Gasteiger partial charge >= 0.3 is 0 Å². The molecule has 72 valence electrons. The summed E-state index contributed by atoms with van der Waals surface area (Å²) in [6.45, 7) is 7.97. The number of rotatable bonds is 2. The van der Waals surface area contributed by atoms with Crippen LogP contribution in [0.3, 0.4) is 0 Å². The van der Waals surface area contributed by atoms with E-state index in [1.54, 1.807) is 0 Å². The predicted octanol–water partition coefficient (Wildman–Crippen LogP) is 3.51. The molecule has 13 heavy (non-hydrogen) atoms. The Morgan fingerprint density at radius 3 is 2.31 bits per heavy atom. The first-order valence-electron chi connectivity index (χ1n) is 4.62. The minimum Gasteiger partial charge on any atom is -0.114 e. The summed E-state index contributed by atoms with van der Waals surface area (Å²) in [7, 11) is 0. The second kappa shape index (κ2) is 3.72. The Kier molecular flexibility index (Phi) is 3.03. The average molecular weight is 194 g/mol. The van der Waals surface area contributed by atoms with Crippen molar-refractivity contribution in [3.8, 4) is 0 Å². The van der Waals surface area contributed by atoms with E-state index in [1.807, 2.05) is 0 Å². The van der Waals surface area contributed by atoms with Gasteiger partial charge in [-0.15, -0.1) is 13.2 Å². The molecule has 0 nitrogen and oxygen atoms in total. The molecule has 0 amide bonds. The van der Waals surface area contributed by atoms with Gasteiger partial charge in [-0.2, -0.15) is 0 Å². The molecule has 1 aromatic carbocycles. The standard InChI is InChI=1S/C12H19P/c1-10-6-7-12(11(2)8-10)9-13(3,4)5/h6-8H,3,9H2,1-2,4-5H3. The van der Waals surface area contributed by atoms with E-state index in [0.717, 1.165) is 0 Å². The quantitative estimate of drug-likeness (QED) is 0.632. The molecule has 0 fully saturated rings. The van der Waals surface area contributed by atoms with E-state index < -0.39 is 6.89 Å². The molecule has 1 heteroatoms. The molecule has 0 radical (unpaired) electrons. The zero-order valence-electron chi connectivity index (χ0n) is 9.09. The third-order valence-electron chi connectivity index (χ3n) is 2.10. The zero-order valence-corrected chi connectivity index (χ0v) is 9.99. The number of hydrogen-bond acceptors (Lipinski definition) is 0.